The van der Waals surface area contributed by atoms with Crippen LogP contribution in [0.25, 0.3) is 0 Å². The highest BCUT2D eigenvalue weighted by molar-refractivity contribution is 5.35. The van der Waals surface area contributed by atoms with Gasteiger partial charge in [0.15, 0.2) is 0 Å². The number of halogens is 3. The van der Waals surface area contributed by atoms with Crippen molar-refractivity contribution in [3.8, 4) is 5.75 Å². The SMILES string of the molecule is CCC(N)C(C)Oc1ccccc1C(F)(F)F. The molecular weight excluding hydrogens is 231 g/mol. The topological polar surface area (TPSA) is 35.2 Å². The van der Waals surface area contributed by atoms with Crippen LogP contribution in [0.1, 0.15) is 25.8 Å². The second-order valence-electron chi connectivity index (χ2n) is 3.89. The molecule has 0 heterocycles. The van der Waals surface area contributed by atoms with E-state index in [1.165, 1.54) is 18.2 Å². The molecule has 0 aromatic heterocycles. The summed E-state index contributed by atoms with van der Waals surface area (Å²) in [4.78, 5) is 0. The molecule has 0 saturated carbocycles. The third kappa shape index (κ3) is 3.63. The zero-order valence-corrected chi connectivity index (χ0v) is 9.79. The average Bonchev–Trinajstić information content (AvgIpc) is 2.27. The summed E-state index contributed by atoms with van der Waals surface area (Å²) in [5, 5.41) is 0. The second-order valence-corrected chi connectivity index (χ2v) is 3.89. The van der Waals surface area contributed by atoms with Crippen molar-refractivity contribution in [2.24, 2.45) is 5.73 Å². The van der Waals surface area contributed by atoms with Gasteiger partial charge in [0.05, 0.1) is 5.56 Å². The van der Waals surface area contributed by atoms with Crippen LogP contribution in [0, 0.1) is 0 Å². The Morgan fingerprint density at radius 1 is 1.29 bits per heavy atom. The van der Waals surface area contributed by atoms with E-state index >= 15 is 0 Å². The zero-order valence-electron chi connectivity index (χ0n) is 9.79. The number of alkyl halides is 3. The van der Waals surface area contributed by atoms with Gasteiger partial charge >= 0.3 is 6.18 Å². The monoisotopic (exact) mass is 247 g/mol. The number of hydrogen-bond acceptors (Lipinski definition) is 2. The molecule has 2 atom stereocenters. The molecule has 2 unspecified atom stereocenters. The molecule has 1 aromatic carbocycles. The third-order valence-electron chi connectivity index (χ3n) is 2.58. The van der Waals surface area contributed by atoms with Gasteiger partial charge in [-0.2, -0.15) is 13.2 Å². The van der Waals surface area contributed by atoms with Gasteiger partial charge in [0, 0.05) is 6.04 Å². The lowest BCUT2D eigenvalue weighted by atomic mass is 10.1. The van der Waals surface area contributed by atoms with Gasteiger partial charge in [0.2, 0.25) is 0 Å². The van der Waals surface area contributed by atoms with Crippen molar-refractivity contribution in [3.05, 3.63) is 29.8 Å². The van der Waals surface area contributed by atoms with Gasteiger partial charge in [-0.25, -0.2) is 0 Å². The Morgan fingerprint density at radius 2 is 1.88 bits per heavy atom. The molecule has 1 rings (SSSR count). The Labute approximate surface area is 98.6 Å². The van der Waals surface area contributed by atoms with E-state index in [0.717, 1.165) is 6.07 Å². The number of nitrogens with two attached hydrogens (primary N) is 1. The molecule has 0 spiro atoms. The highest BCUT2D eigenvalue weighted by Crippen LogP contribution is 2.36. The molecule has 0 amide bonds. The van der Waals surface area contributed by atoms with Gasteiger partial charge < -0.3 is 10.5 Å². The van der Waals surface area contributed by atoms with E-state index in [1.54, 1.807) is 6.92 Å². The number of ether oxygens (including phenoxy) is 1. The molecule has 5 heteroatoms. The molecular formula is C12H16F3NO. The molecule has 2 N–H and O–H groups in total. The quantitative estimate of drug-likeness (QED) is 0.886. The molecule has 2 nitrogen and oxygen atoms in total. The highest BCUT2D eigenvalue weighted by atomic mass is 19.4. The van der Waals surface area contributed by atoms with Crippen molar-refractivity contribution in [2.75, 3.05) is 0 Å². The minimum Gasteiger partial charge on any atom is -0.488 e. The minimum absolute atomic E-state index is 0.170. The van der Waals surface area contributed by atoms with Crippen LogP contribution in [0.2, 0.25) is 0 Å². The standard InChI is InChI=1S/C12H16F3NO/c1-3-10(16)8(2)17-11-7-5-4-6-9(11)12(13,14)15/h4-8,10H,3,16H2,1-2H3. The number of benzene rings is 1. The Kier molecular flexibility index (Phi) is 4.40. The fraction of sp³-hybridized carbons (Fsp3) is 0.500. The van der Waals surface area contributed by atoms with Gasteiger partial charge in [-0.3, -0.25) is 0 Å². The van der Waals surface area contributed by atoms with Gasteiger partial charge in [-0.1, -0.05) is 19.1 Å². The summed E-state index contributed by atoms with van der Waals surface area (Å²) < 4.78 is 43.3. The third-order valence-corrected chi connectivity index (χ3v) is 2.58. The summed E-state index contributed by atoms with van der Waals surface area (Å²) >= 11 is 0. The van der Waals surface area contributed by atoms with Crippen molar-refractivity contribution in [1.29, 1.82) is 0 Å². The fourth-order valence-corrected chi connectivity index (χ4v) is 1.42. The maximum atomic E-state index is 12.7. The largest absolute Gasteiger partial charge is 0.488 e. The van der Waals surface area contributed by atoms with Crippen molar-refractivity contribution in [2.45, 2.75) is 38.6 Å². The molecule has 0 saturated heterocycles. The zero-order chi connectivity index (χ0) is 13.1. The number of rotatable bonds is 4. The first kappa shape index (κ1) is 13.8. The predicted molar refractivity (Wildman–Crippen MR) is 59.8 cm³/mol. The lowest BCUT2D eigenvalue weighted by Gasteiger charge is -2.22. The Hall–Kier alpha value is -1.23. The first-order valence-electron chi connectivity index (χ1n) is 5.44. The first-order chi connectivity index (χ1) is 7.86. The molecule has 0 aliphatic heterocycles. The summed E-state index contributed by atoms with van der Waals surface area (Å²) in [6.45, 7) is 3.53. The van der Waals surface area contributed by atoms with Gasteiger partial charge in [-0.15, -0.1) is 0 Å². The van der Waals surface area contributed by atoms with Gasteiger partial charge in [-0.05, 0) is 25.5 Å². The normalized spacial score (nSPS) is 15.4. The van der Waals surface area contributed by atoms with E-state index in [2.05, 4.69) is 0 Å². The minimum atomic E-state index is -4.41. The smallest absolute Gasteiger partial charge is 0.419 e. The van der Waals surface area contributed by atoms with Crippen LogP contribution in [0.15, 0.2) is 24.3 Å². The van der Waals surface area contributed by atoms with Crippen LogP contribution in [0.5, 0.6) is 5.75 Å². The number of hydrogen-bond donors (Lipinski definition) is 1. The van der Waals surface area contributed by atoms with Crippen LogP contribution < -0.4 is 10.5 Å². The van der Waals surface area contributed by atoms with Crippen LogP contribution in [0.3, 0.4) is 0 Å². The van der Waals surface area contributed by atoms with Crippen molar-refractivity contribution in [1.82, 2.24) is 0 Å². The highest BCUT2D eigenvalue weighted by Gasteiger charge is 2.34. The molecule has 1 aromatic rings. The van der Waals surface area contributed by atoms with Crippen LogP contribution >= 0.6 is 0 Å². The molecule has 0 aliphatic rings. The maximum absolute atomic E-state index is 12.7. The fourth-order valence-electron chi connectivity index (χ4n) is 1.42. The lowest BCUT2D eigenvalue weighted by Crippen LogP contribution is -2.36. The molecule has 0 bridgehead atoms. The van der Waals surface area contributed by atoms with Gasteiger partial charge in [0.1, 0.15) is 11.9 Å². The summed E-state index contributed by atoms with van der Waals surface area (Å²) in [6, 6.07) is 4.87. The van der Waals surface area contributed by atoms with Crippen molar-refractivity contribution >= 4 is 0 Å². The molecule has 0 radical (unpaired) electrons. The Bertz CT molecular complexity index is 365. The summed E-state index contributed by atoms with van der Waals surface area (Å²) in [5.41, 5.74) is 4.95. The summed E-state index contributed by atoms with van der Waals surface area (Å²) in [6.07, 6.45) is -4.22. The predicted octanol–water partition coefficient (Wildman–Crippen LogP) is 3.21. The van der Waals surface area contributed by atoms with Crippen LogP contribution in [0.4, 0.5) is 13.2 Å². The average molecular weight is 247 g/mol. The van der Waals surface area contributed by atoms with Crippen LogP contribution in [-0.4, -0.2) is 12.1 Å². The molecule has 0 aliphatic carbocycles. The van der Waals surface area contributed by atoms with E-state index < -0.39 is 17.8 Å². The molecule has 17 heavy (non-hydrogen) atoms. The second kappa shape index (κ2) is 5.40. The number of para-hydroxylation sites is 1. The molecule has 0 fully saturated rings. The summed E-state index contributed by atoms with van der Waals surface area (Å²) in [7, 11) is 0. The van der Waals surface area contributed by atoms with E-state index in [4.69, 9.17) is 10.5 Å². The first-order valence-corrected chi connectivity index (χ1v) is 5.44. The van der Waals surface area contributed by atoms with Crippen LogP contribution in [-0.2, 0) is 6.18 Å². The van der Waals surface area contributed by atoms with E-state index in [-0.39, 0.29) is 11.8 Å². The van der Waals surface area contributed by atoms with Crippen molar-refractivity contribution < 1.29 is 17.9 Å². The van der Waals surface area contributed by atoms with E-state index in [0.29, 0.717) is 6.42 Å². The van der Waals surface area contributed by atoms with E-state index in [1.807, 2.05) is 6.92 Å². The summed E-state index contributed by atoms with van der Waals surface area (Å²) in [5.74, 6) is -0.170. The Morgan fingerprint density at radius 3 is 2.41 bits per heavy atom. The molecule has 96 valence electrons. The van der Waals surface area contributed by atoms with E-state index in [9.17, 15) is 13.2 Å². The van der Waals surface area contributed by atoms with Gasteiger partial charge in [0.25, 0.3) is 0 Å². The lowest BCUT2D eigenvalue weighted by molar-refractivity contribution is -0.139. The maximum Gasteiger partial charge on any atom is 0.419 e. The van der Waals surface area contributed by atoms with Crippen molar-refractivity contribution in [3.63, 3.8) is 0 Å². The Balaban J connectivity index is 2.91.